The van der Waals surface area contributed by atoms with Crippen LogP contribution in [0.2, 0.25) is 0 Å². The topological polar surface area (TPSA) is 61.1 Å². The van der Waals surface area contributed by atoms with Crippen molar-refractivity contribution >= 4 is 5.78 Å². The maximum Gasteiger partial charge on any atom is 0.132 e. The van der Waals surface area contributed by atoms with Gasteiger partial charge in [0.1, 0.15) is 5.78 Å². The molecule has 0 aromatic carbocycles. The highest BCUT2D eigenvalue weighted by atomic mass is 16.3. The van der Waals surface area contributed by atoms with E-state index in [2.05, 4.69) is 6.58 Å². The first-order valence-electron chi connectivity index (χ1n) is 3.56. The summed E-state index contributed by atoms with van der Waals surface area (Å²) >= 11 is 0. The van der Waals surface area contributed by atoms with Gasteiger partial charge in [-0.25, -0.2) is 0 Å². The van der Waals surface area contributed by atoms with Crippen LogP contribution in [0.3, 0.4) is 0 Å². The second-order valence-corrected chi connectivity index (χ2v) is 3.02. The van der Waals surface area contributed by atoms with E-state index in [0.717, 1.165) is 0 Å². The number of hydrogen-bond acceptors (Lipinski definition) is 3. The molecule has 12 heavy (non-hydrogen) atoms. The van der Waals surface area contributed by atoms with Gasteiger partial charge in [0.15, 0.2) is 0 Å². The van der Waals surface area contributed by atoms with E-state index in [-0.39, 0.29) is 12.2 Å². The van der Waals surface area contributed by atoms with E-state index >= 15 is 0 Å². The van der Waals surface area contributed by atoms with Gasteiger partial charge in [-0.05, 0) is 20.8 Å². The molecule has 0 amide bonds. The van der Waals surface area contributed by atoms with Crippen LogP contribution in [0.5, 0.6) is 0 Å². The average molecular weight is 169 g/mol. The number of allylic oxidation sites excluding steroid dienone is 1. The Kier molecular flexibility index (Phi) is 7.36. The van der Waals surface area contributed by atoms with Gasteiger partial charge in [0, 0.05) is 12.5 Å². The van der Waals surface area contributed by atoms with Gasteiger partial charge in [-0.3, -0.25) is 4.79 Å². The Labute approximate surface area is 73.3 Å². The van der Waals surface area contributed by atoms with Crippen LogP contribution >= 0.6 is 0 Å². The minimum atomic E-state index is -0.828. The van der Waals surface area contributed by atoms with Crippen molar-refractivity contribution in [1.29, 1.82) is 5.26 Å². The van der Waals surface area contributed by atoms with Crippen molar-refractivity contribution in [1.82, 2.24) is 0 Å². The molecule has 0 saturated carbocycles. The summed E-state index contributed by atoms with van der Waals surface area (Å²) in [7, 11) is 0. The van der Waals surface area contributed by atoms with E-state index in [4.69, 9.17) is 10.4 Å². The number of carbonyl (C=O) groups is 1. The molecule has 0 aliphatic heterocycles. The van der Waals surface area contributed by atoms with E-state index in [1.165, 1.54) is 13.0 Å². The molecule has 0 unspecified atom stereocenters. The maximum atomic E-state index is 10.3. The summed E-state index contributed by atoms with van der Waals surface area (Å²) in [5.41, 5.74) is -0.828. The van der Waals surface area contributed by atoms with Gasteiger partial charge in [0.25, 0.3) is 0 Å². The third-order valence-corrected chi connectivity index (χ3v) is 0.773. The van der Waals surface area contributed by atoms with Crippen molar-refractivity contribution < 1.29 is 9.90 Å². The fourth-order valence-corrected chi connectivity index (χ4v) is 0.609. The molecule has 0 aromatic heterocycles. The summed E-state index contributed by atoms with van der Waals surface area (Å²) in [5.74, 6) is 0.0255. The van der Waals surface area contributed by atoms with Crippen LogP contribution in [-0.4, -0.2) is 16.5 Å². The van der Waals surface area contributed by atoms with Crippen molar-refractivity contribution in [2.45, 2.75) is 32.8 Å². The molecule has 0 saturated heterocycles. The summed E-state index contributed by atoms with van der Waals surface area (Å²) in [6.07, 6.45) is 1.42. The zero-order valence-electron chi connectivity index (χ0n) is 7.79. The van der Waals surface area contributed by atoms with Crippen LogP contribution in [0.25, 0.3) is 0 Å². The first-order valence-corrected chi connectivity index (χ1v) is 3.56. The number of ketones is 1. The molecule has 0 bridgehead atoms. The van der Waals surface area contributed by atoms with Gasteiger partial charge in [-0.15, -0.1) is 0 Å². The fourth-order valence-electron chi connectivity index (χ4n) is 0.609. The number of carbonyl (C=O) groups excluding carboxylic acids is 1. The molecule has 1 N–H and O–H groups in total. The summed E-state index contributed by atoms with van der Waals surface area (Å²) in [6.45, 7) is 7.83. The van der Waals surface area contributed by atoms with E-state index < -0.39 is 5.60 Å². The van der Waals surface area contributed by atoms with Gasteiger partial charge >= 0.3 is 0 Å². The highest BCUT2D eigenvalue weighted by Crippen LogP contribution is 2.06. The zero-order chi connectivity index (χ0) is 10.2. The second kappa shape index (κ2) is 6.56. The van der Waals surface area contributed by atoms with Gasteiger partial charge in [0.05, 0.1) is 11.7 Å². The average Bonchev–Trinajstić information content (AvgIpc) is 1.83. The second-order valence-electron chi connectivity index (χ2n) is 3.02. The van der Waals surface area contributed by atoms with Gasteiger partial charge in [0.2, 0.25) is 0 Å². The summed E-state index contributed by atoms with van der Waals surface area (Å²) in [6, 6.07) is 1.69. The van der Waals surface area contributed by atoms with Gasteiger partial charge < -0.3 is 5.11 Å². The Bertz CT molecular complexity index is 184. The number of nitriles is 1. The third kappa shape index (κ3) is 23.2. The van der Waals surface area contributed by atoms with Crippen LogP contribution in [0.1, 0.15) is 27.2 Å². The summed E-state index contributed by atoms with van der Waals surface area (Å²) in [4.78, 5) is 10.3. The van der Waals surface area contributed by atoms with Crippen LogP contribution in [0.4, 0.5) is 0 Å². The van der Waals surface area contributed by atoms with E-state index in [1.807, 2.05) is 0 Å². The number of aliphatic hydroxyl groups is 1. The molecule has 0 aliphatic rings. The van der Waals surface area contributed by atoms with Crippen molar-refractivity contribution in [2.75, 3.05) is 0 Å². The normalized spacial score (nSPS) is 8.92. The molecule has 0 atom stereocenters. The lowest BCUT2D eigenvalue weighted by molar-refractivity contribution is -0.120. The molecule has 0 heterocycles. The lowest BCUT2D eigenvalue weighted by atomic mass is 10.0. The molecule has 3 nitrogen and oxygen atoms in total. The van der Waals surface area contributed by atoms with Crippen LogP contribution in [0, 0.1) is 11.3 Å². The quantitative estimate of drug-likeness (QED) is 0.636. The zero-order valence-corrected chi connectivity index (χ0v) is 7.79. The minimum absolute atomic E-state index is 0.0255. The first-order chi connectivity index (χ1) is 5.33. The number of nitrogens with zero attached hydrogens (tertiary/aromatic N) is 1. The first kappa shape index (κ1) is 13.4. The molecular weight excluding hydrogens is 154 g/mol. The predicted octanol–water partition coefficient (Wildman–Crippen LogP) is 1.43. The van der Waals surface area contributed by atoms with Crippen LogP contribution < -0.4 is 0 Å². The molecular formula is C9H15NO2. The minimum Gasteiger partial charge on any atom is -0.390 e. The van der Waals surface area contributed by atoms with Crippen molar-refractivity contribution in [3.8, 4) is 6.07 Å². The van der Waals surface area contributed by atoms with Gasteiger partial charge in [-0.2, -0.15) is 5.26 Å². The summed E-state index contributed by atoms with van der Waals surface area (Å²) in [5, 5.41) is 16.5. The largest absolute Gasteiger partial charge is 0.390 e. The Morgan fingerprint density at radius 2 is 2.08 bits per heavy atom. The Hall–Kier alpha value is -1.14. The molecule has 0 aromatic rings. The smallest absolute Gasteiger partial charge is 0.132 e. The van der Waals surface area contributed by atoms with Gasteiger partial charge in [-0.1, -0.05) is 6.58 Å². The number of Topliss-reactive ketones (excluding diaryl/α,β-unsaturated/α-hetero) is 1. The number of hydrogen-bond donors (Lipinski definition) is 1. The number of rotatable bonds is 2. The predicted molar refractivity (Wildman–Crippen MR) is 47.4 cm³/mol. The SMILES string of the molecule is C=CC#N.CC(=O)CC(C)(C)O. The van der Waals surface area contributed by atoms with E-state index in [1.54, 1.807) is 19.9 Å². The molecule has 0 radical (unpaired) electrons. The maximum absolute atomic E-state index is 10.3. The Morgan fingerprint density at radius 3 is 2.08 bits per heavy atom. The molecule has 0 aliphatic carbocycles. The molecule has 0 rings (SSSR count). The lowest BCUT2D eigenvalue weighted by Crippen LogP contribution is -2.21. The van der Waals surface area contributed by atoms with Crippen molar-refractivity contribution in [3.63, 3.8) is 0 Å². The Balaban J connectivity index is 0. The standard InChI is InChI=1S/C6H12O2.C3H3N/c1-5(7)4-6(2,3)8;1-2-3-4/h8H,4H2,1-3H3;2H,1H2. The molecule has 68 valence electrons. The third-order valence-electron chi connectivity index (χ3n) is 0.773. The highest BCUT2D eigenvalue weighted by molar-refractivity contribution is 5.76. The van der Waals surface area contributed by atoms with Crippen LogP contribution in [0.15, 0.2) is 12.7 Å². The summed E-state index contributed by atoms with van der Waals surface area (Å²) < 4.78 is 0. The Morgan fingerprint density at radius 1 is 1.75 bits per heavy atom. The molecule has 0 spiro atoms. The molecule has 0 fully saturated rings. The highest BCUT2D eigenvalue weighted by Gasteiger charge is 2.13. The van der Waals surface area contributed by atoms with Crippen molar-refractivity contribution in [2.24, 2.45) is 0 Å². The lowest BCUT2D eigenvalue weighted by Gasteiger charge is -2.13. The monoisotopic (exact) mass is 169 g/mol. The fraction of sp³-hybridized carbons (Fsp3) is 0.556. The van der Waals surface area contributed by atoms with E-state index in [9.17, 15) is 4.79 Å². The van der Waals surface area contributed by atoms with Crippen molar-refractivity contribution in [3.05, 3.63) is 12.7 Å². The van der Waals surface area contributed by atoms with E-state index in [0.29, 0.717) is 0 Å². The van der Waals surface area contributed by atoms with Crippen LogP contribution in [-0.2, 0) is 4.79 Å². The molecule has 3 heteroatoms.